The molecule has 5 rings (SSSR count). The van der Waals surface area contributed by atoms with Gasteiger partial charge in [0.05, 0.1) is 11.8 Å². The van der Waals surface area contributed by atoms with Gasteiger partial charge in [0.1, 0.15) is 11.9 Å². The molecule has 0 saturated carbocycles. The molecule has 7 nitrogen and oxygen atoms in total. The summed E-state index contributed by atoms with van der Waals surface area (Å²) in [6, 6.07) is 17.0. The highest BCUT2D eigenvalue weighted by atomic mass is 32.2. The van der Waals surface area contributed by atoms with Crippen LogP contribution in [-0.2, 0) is 36.6 Å². The number of hydrogen-bond donors (Lipinski definition) is 1. The third-order valence-corrected chi connectivity index (χ3v) is 8.05. The molecule has 0 spiro atoms. The zero-order chi connectivity index (χ0) is 31.4. The van der Waals surface area contributed by atoms with Crippen LogP contribution in [0.15, 0.2) is 101 Å². The quantitative estimate of drug-likeness (QED) is 0.118. The van der Waals surface area contributed by atoms with Crippen LogP contribution >= 0.6 is 11.8 Å². The predicted molar refractivity (Wildman–Crippen MR) is 159 cm³/mol. The van der Waals surface area contributed by atoms with Crippen LogP contribution in [0.3, 0.4) is 0 Å². The van der Waals surface area contributed by atoms with E-state index in [2.05, 4.69) is 10.1 Å². The van der Waals surface area contributed by atoms with Gasteiger partial charge in [-0.05, 0) is 52.1 Å². The average Bonchev–Trinajstić information content (AvgIpc) is 3.41. The molecule has 0 aliphatic carbocycles. The van der Waals surface area contributed by atoms with E-state index in [0.717, 1.165) is 28.8 Å². The summed E-state index contributed by atoms with van der Waals surface area (Å²) >= 11 is 1.22. The number of nitrogens with zero attached hydrogens (tertiary/aromatic N) is 4. The standard InChI is InChI=1S/C32H27F4N5O2S/c1-40-17-22(16-38-40)14-25-18-41(31(39-30(25)43)44-19-21-4-12-27(33)13-5-21)28(29(37)42)15-20-2-6-23(7-3-20)24-8-10-26(11-9-24)32(34,35)36/h2-13,16-18,28H,14-15,19H2,1H3,(H2,37,42). The molecule has 0 radical (unpaired) electrons. The van der Waals surface area contributed by atoms with Crippen LogP contribution in [0.4, 0.5) is 17.6 Å². The van der Waals surface area contributed by atoms with Crippen molar-refractivity contribution in [3.63, 3.8) is 0 Å². The fourth-order valence-corrected chi connectivity index (χ4v) is 5.67. The Labute approximate surface area is 254 Å². The van der Waals surface area contributed by atoms with E-state index >= 15 is 0 Å². The highest BCUT2D eigenvalue weighted by molar-refractivity contribution is 7.98. The van der Waals surface area contributed by atoms with Crippen molar-refractivity contribution < 1.29 is 22.4 Å². The lowest BCUT2D eigenvalue weighted by molar-refractivity contribution is -0.137. The molecule has 1 amide bonds. The number of carbonyl (C=O) groups excluding carboxylic acids is 1. The molecule has 5 aromatic rings. The minimum atomic E-state index is -4.42. The fourth-order valence-electron chi connectivity index (χ4n) is 4.70. The van der Waals surface area contributed by atoms with Crippen LogP contribution in [0.2, 0.25) is 0 Å². The minimum Gasteiger partial charge on any atom is -0.368 e. The largest absolute Gasteiger partial charge is 0.416 e. The lowest BCUT2D eigenvalue weighted by Gasteiger charge is -2.22. The lowest BCUT2D eigenvalue weighted by Crippen LogP contribution is -2.32. The van der Waals surface area contributed by atoms with Gasteiger partial charge in [-0.3, -0.25) is 14.3 Å². The molecule has 44 heavy (non-hydrogen) atoms. The molecule has 1 unspecified atom stereocenters. The molecule has 226 valence electrons. The van der Waals surface area contributed by atoms with Gasteiger partial charge in [0.15, 0.2) is 5.16 Å². The van der Waals surface area contributed by atoms with E-state index in [1.165, 1.54) is 36.0 Å². The summed E-state index contributed by atoms with van der Waals surface area (Å²) < 4.78 is 55.5. The van der Waals surface area contributed by atoms with E-state index in [9.17, 15) is 27.2 Å². The van der Waals surface area contributed by atoms with Crippen molar-refractivity contribution in [3.05, 3.63) is 135 Å². The van der Waals surface area contributed by atoms with E-state index in [4.69, 9.17) is 5.73 Å². The predicted octanol–water partition coefficient (Wildman–Crippen LogP) is 5.95. The molecule has 12 heteroatoms. The second-order valence-electron chi connectivity index (χ2n) is 10.3. The lowest BCUT2D eigenvalue weighted by atomic mass is 9.99. The Morgan fingerprint density at radius 3 is 2.09 bits per heavy atom. The SMILES string of the molecule is Cn1cc(Cc2cn(C(Cc3ccc(-c4ccc(C(F)(F)F)cc4)cc3)C(N)=O)c(SCc3ccc(F)cc3)nc2=O)cn1. The maximum absolute atomic E-state index is 13.4. The smallest absolute Gasteiger partial charge is 0.368 e. The zero-order valence-electron chi connectivity index (χ0n) is 23.5. The number of nitrogens with two attached hydrogens (primary N) is 1. The number of benzene rings is 3. The summed E-state index contributed by atoms with van der Waals surface area (Å²) in [6.07, 6.45) is 1.02. The monoisotopic (exact) mass is 621 g/mol. The minimum absolute atomic E-state index is 0.170. The van der Waals surface area contributed by atoms with Crippen LogP contribution in [0.5, 0.6) is 0 Å². The van der Waals surface area contributed by atoms with E-state index < -0.39 is 29.2 Å². The van der Waals surface area contributed by atoms with Crippen molar-refractivity contribution in [2.45, 2.75) is 36.0 Å². The molecule has 0 fully saturated rings. The summed E-state index contributed by atoms with van der Waals surface area (Å²) in [7, 11) is 1.77. The van der Waals surface area contributed by atoms with Gasteiger partial charge in [0.25, 0.3) is 5.56 Å². The summed E-state index contributed by atoms with van der Waals surface area (Å²) in [4.78, 5) is 30.2. The van der Waals surface area contributed by atoms with Crippen molar-refractivity contribution in [2.24, 2.45) is 12.8 Å². The Kier molecular flexibility index (Phi) is 9.00. The Morgan fingerprint density at radius 1 is 0.909 bits per heavy atom. The molecular weight excluding hydrogens is 594 g/mol. The third-order valence-electron chi connectivity index (χ3n) is 7.01. The number of alkyl halides is 3. The first-order valence-electron chi connectivity index (χ1n) is 13.5. The van der Waals surface area contributed by atoms with E-state index in [-0.39, 0.29) is 23.8 Å². The Balaban J connectivity index is 1.44. The molecule has 2 heterocycles. The van der Waals surface area contributed by atoms with Gasteiger partial charge in [-0.15, -0.1) is 0 Å². The summed E-state index contributed by atoms with van der Waals surface area (Å²) in [5.74, 6) is -0.646. The first-order chi connectivity index (χ1) is 21.0. The number of primary amides is 1. The second kappa shape index (κ2) is 12.9. The van der Waals surface area contributed by atoms with Crippen LogP contribution < -0.4 is 11.3 Å². The van der Waals surface area contributed by atoms with Gasteiger partial charge in [-0.2, -0.15) is 23.3 Å². The first kappa shape index (κ1) is 30.7. The number of hydrogen-bond acceptors (Lipinski definition) is 5. The van der Waals surface area contributed by atoms with Gasteiger partial charge in [0.2, 0.25) is 5.91 Å². The second-order valence-corrected chi connectivity index (χ2v) is 11.2. The average molecular weight is 622 g/mol. The van der Waals surface area contributed by atoms with E-state index in [0.29, 0.717) is 22.4 Å². The number of rotatable bonds is 10. The highest BCUT2D eigenvalue weighted by Crippen LogP contribution is 2.31. The third kappa shape index (κ3) is 7.43. The van der Waals surface area contributed by atoms with Crippen molar-refractivity contribution in [2.75, 3.05) is 0 Å². The Morgan fingerprint density at radius 2 is 1.52 bits per heavy atom. The summed E-state index contributed by atoms with van der Waals surface area (Å²) in [6.45, 7) is 0. The number of aromatic nitrogens is 4. The van der Waals surface area contributed by atoms with Gasteiger partial charge < -0.3 is 10.3 Å². The van der Waals surface area contributed by atoms with Gasteiger partial charge in [-0.1, -0.05) is 60.3 Å². The normalized spacial score (nSPS) is 12.3. The van der Waals surface area contributed by atoms with E-state index in [1.807, 2.05) is 0 Å². The molecular formula is C32H27F4N5O2S. The van der Waals surface area contributed by atoms with Crippen LogP contribution in [0, 0.1) is 5.82 Å². The van der Waals surface area contributed by atoms with Crippen LogP contribution in [0.1, 0.15) is 33.9 Å². The number of carbonyl (C=O) groups is 1. The number of aryl methyl sites for hydroxylation is 1. The van der Waals surface area contributed by atoms with Gasteiger partial charge in [0, 0.05) is 43.6 Å². The van der Waals surface area contributed by atoms with Crippen LogP contribution in [0.25, 0.3) is 11.1 Å². The van der Waals surface area contributed by atoms with Crippen LogP contribution in [-0.4, -0.2) is 25.2 Å². The molecule has 0 aliphatic heterocycles. The van der Waals surface area contributed by atoms with Crippen molar-refractivity contribution in [3.8, 4) is 11.1 Å². The summed E-state index contributed by atoms with van der Waals surface area (Å²) in [5, 5.41) is 4.42. The van der Waals surface area contributed by atoms with Crippen molar-refractivity contribution in [1.29, 1.82) is 0 Å². The maximum atomic E-state index is 13.4. The van der Waals surface area contributed by atoms with Crippen molar-refractivity contribution in [1.82, 2.24) is 19.3 Å². The van der Waals surface area contributed by atoms with Gasteiger partial charge in [-0.25, -0.2) is 4.39 Å². The molecule has 2 N–H and O–H groups in total. The molecule has 2 aromatic heterocycles. The van der Waals surface area contributed by atoms with E-state index in [1.54, 1.807) is 71.3 Å². The maximum Gasteiger partial charge on any atom is 0.416 e. The number of halogens is 4. The first-order valence-corrected chi connectivity index (χ1v) is 14.5. The molecule has 0 saturated heterocycles. The molecule has 1 atom stereocenters. The molecule has 0 aliphatic rings. The molecule has 3 aromatic carbocycles. The molecule has 0 bridgehead atoms. The topological polar surface area (TPSA) is 95.8 Å². The number of thioether (sulfide) groups is 1. The Bertz CT molecular complexity index is 1820. The highest BCUT2D eigenvalue weighted by Gasteiger charge is 2.30. The van der Waals surface area contributed by atoms with Crippen molar-refractivity contribution >= 4 is 17.7 Å². The zero-order valence-corrected chi connectivity index (χ0v) is 24.3. The Hall–Kier alpha value is -4.71. The summed E-state index contributed by atoms with van der Waals surface area (Å²) in [5.41, 5.74) is 8.73. The fraction of sp³-hybridized carbons (Fsp3) is 0.188. The number of amides is 1. The van der Waals surface area contributed by atoms with Gasteiger partial charge >= 0.3 is 6.18 Å².